The monoisotopic (exact) mass is 242 g/mol. The lowest BCUT2D eigenvalue weighted by molar-refractivity contribution is 0.102. The number of aromatic amines is 2. The minimum absolute atomic E-state index is 0.0463. The molecule has 0 radical (unpaired) electrons. The van der Waals surface area contributed by atoms with Crippen LogP contribution in [0.25, 0.3) is 0 Å². The molecule has 2 heterocycles. The van der Waals surface area contributed by atoms with E-state index in [0.29, 0.717) is 12.1 Å². The topological polar surface area (TPSA) is 102 Å². The van der Waals surface area contributed by atoms with Crippen LogP contribution in [0.1, 0.15) is 34.4 Å². The number of H-pyrrole nitrogens is 2. The molecule has 0 aliphatic heterocycles. The third-order valence-corrected chi connectivity index (χ3v) is 2.53. The molecule has 0 aromatic carbocycles. The van der Waals surface area contributed by atoms with Gasteiger partial charge in [0.1, 0.15) is 17.5 Å². The molecule has 0 fully saturated rings. The molecule has 0 amide bonds. The van der Waals surface area contributed by atoms with Crippen LogP contribution in [0.5, 0.6) is 0 Å². The average molecular weight is 242 g/mol. The van der Waals surface area contributed by atoms with Crippen LogP contribution < -0.4 is 5.69 Å². The fourth-order valence-corrected chi connectivity index (χ4v) is 1.67. The zero-order chi connectivity index (χ0) is 13.1. The standard InChI is InChI=1S/C12H10N4O2/c1-2-8-10(16-12(18)15-8)11(17)9-7(6-13)4-3-5-14-9/h3-5H,2H2,1H3,(H2,15,16,18). The number of imidazole rings is 1. The summed E-state index contributed by atoms with van der Waals surface area (Å²) in [6, 6.07) is 4.99. The first kappa shape index (κ1) is 11.8. The van der Waals surface area contributed by atoms with E-state index in [1.807, 2.05) is 13.0 Å². The average Bonchev–Trinajstić information content (AvgIpc) is 2.79. The number of aromatic nitrogens is 3. The number of rotatable bonds is 3. The van der Waals surface area contributed by atoms with Gasteiger partial charge in [-0.1, -0.05) is 6.92 Å². The molecule has 0 bridgehead atoms. The van der Waals surface area contributed by atoms with Crippen molar-refractivity contribution in [2.24, 2.45) is 0 Å². The van der Waals surface area contributed by atoms with Crippen molar-refractivity contribution in [2.45, 2.75) is 13.3 Å². The van der Waals surface area contributed by atoms with Crippen LogP contribution in [0.3, 0.4) is 0 Å². The van der Waals surface area contributed by atoms with Gasteiger partial charge in [0.05, 0.1) is 5.56 Å². The molecule has 0 aliphatic rings. The van der Waals surface area contributed by atoms with E-state index < -0.39 is 11.5 Å². The van der Waals surface area contributed by atoms with Gasteiger partial charge in [0.2, 0.25) is 5.78 Å². The zero-order valence-electron chi connectivity index (χ0n) is 9.65. The lowest BCUT2D eigenvalue weighted by atomic mass is 10.1. The van der Waals surface area contributed by atoms with Crippen molar-refractivity contribution in [1.29, 1.82) is 5.26 Å². The molecule has 0 saturated carbocycles. The predicted octanol–water partition coefficient (Wildman–Crippen LogP) is 0.763. The molecule has 0 saturated heterocycles. The van der Waals surface area contributed by atoms with E-state index in [-0.39, 0.29) is 17.0 Å². The van der Waals surface area contributed by atoms with Crippen LogP contribution in [-0.4, -0.2) is 20.7 Å². The number of carbonyl (C=O) groups is 1. The molecule has 0 aliphatic carbocycles. The second-order valence-corrected chi connectivity index (χ2v) is 3.63. The maximum Gasteiger partial charge on any atom is 0.323 e. The van der Waals surface area contributed by atoms with Crippen LogP contribution in [0.15, 0.2) is 23.1 Å². The third-order valence-electron chi connectivity index (χ3n) is 2.53. The van der Waals surface area contributed by atoms with Gasteiger partial charge in [-0.15, -0.1) is 0 Å². The molecule has 90 valence electrons. The summed E-state index contributed by atoms with van der Waals surface area (Å²) in [5, 5.41) is 8.92. The first-order valence-corrected chi connectivity index (χ1v) is 5.38. The number of nitrogens with zero attached hydrogens (tertiary/aromatic N) is 2. The maximum atomic E-state index is 12.2. The Morgan fingerprint density at radius 1 is 1.50 bits per heavy atom. The summed E-state index contributed by atoms with van der Waals surface area (Å²) in [5.74, 6) is -0.456. The number of nitriles is 1. The van der Waals surface area contributed by atoms with Gasteiger partial charge in [-0.25, -0.2) is 4.79 Å². The molecule has 0 spiro atoms. The zero-order valence-corrected chi connectivity index (χ0v) is 9.65. The number of ketones is 1. The van der Waals surface area contributed by atoms with Crippen molar-refractivity contribution in [1.82, 2.24) is 15.0 Å². The summed E-state index contributed by atoms with van der Waals surface area (Å²) >= 11 is 0. The van der Waals surface area contributed by atoms with Crippen molar-refractivity contribution >= 4 is 5.78 Å². The predicted molar refractivity (Wildman–Crippen MR) is 63.2 cm³/mol. The Balaban J connectivity index is 2.55. The van der Waals surface area contributed by atoms with Crippen LogP contribution in [0.2, 0.25) is 0 Å². The molecule has 2 aromatic rings. The molecule has 0 atom stereocenters. The van der Waals surface area contributed by atoms with Gasteiger partial charge in [0.25, 0.3) is 0 Å². The summed E-state index contributed by atoms with van der Waals surface area (Å²) in [7, 11) is 0. The Bertz CT molecular complexity index is 691. The molecule has 2 aromatic heterocycles. The first-order valence-electron chi connectivity index (χ1n) is 5.38. The Morgan fingerprint density at radius 3 is 2.94 bits per heavy atom. The Labute approximate surface area is 102 Å². The molecule has 2 N–H and O–H groups in total. The van der Waals surface area contributed by atoms with Gasteiger partial charge in [-0.2, -0.15) is 5.26 Å². The highest BCUT2D eigenvalue weighted by Crippen LogP contribution is 2.11. The van der Waals surface area contributed by atoms with Crippen molar-refractivity contribution in [2.75, 3.05) is 0 Å². The normalized spacial score (nSPS) is 10.0. The minimum Gasteiger partial charge on any atom is -0.309 e. The fraction of sp³-hybridized carbons (Fsp3) is 0.167. The number of aryl methyl sites for hydroxylation is 1. The van der Waals surface area contributed by atoms with Crippen LogP contribution in [-0.2, 0) is 6.42 Å². The van der Waals surface area contributed by atoms with Gasteiger partial charge in [-0.05, 0) is 18.6 Å². The number of hydrogen-bond acceptors (Lipinski definition) is 4. The summed E-state index contributed by atoms with van der Waals surface area (Å²) in [6.07, 6.45) is 1.94. The van der Waals surface area contributed by atoms with Crippen molar-refractivity contribution in [3.63, 3.8) is 0 Å². The van der Waals surface area contributed by atoms with Gasteiger partial charge >= 0.3 is 5.69 Å². The molecule has 6 heteroatoms. The van der Waals surface area contributed by atoms with Crippen molar-refractivity contribution in [3.05, 3.63) is 51.5 Å². The molecule has 18 heavy (non-hydrogen) atoms. The highest BCUT2D eigenvalue weighted by atomic mass is 16.1. The number of hydrogen-bond donors (Lipinski definition) is 2. The van der Waals surface area contributed by atoms with Gasteiger partial charge < -0.3 is 9.97 Å². The minimum atomic E-state index is -0.456. The quantitative estimate of drug-likeness (QED) is 0.775. The smallest absolute Gasteiger partial charge is 0.309 e. The molecular formula is C12H10N4O2. The summed E-state index contributed by atoms with van der Waals surface area (Å²) in [4.78, 5) is 32.3. The third kappa shape index (κ3) is 1.94. The van der Waals surface area contributed by atoms with E-state index in [4.69, 9.17) is 5.26 Å². The van der Waals surface area contributed by atoms with E-state index >= 15 is 0 Å². The molecule has 2 rings (SSSR count). The number of carbonyl (C=O) groups excluding carboxylic acids is 1. The second kappa shape index (κ2) is 4.67. The molecule has 0 unspecified atom stereocenters. The molecular weight excluding hydrogens is 232 g/mol. The lowest BCUT2D eigenvalue weighted by Gasteiger charge is -2.01. The van der Waals surface area contributed by atoms with E-state index in [0.717, 1.165) is 0 Å². The highest BCUT2D eigenvalue weighted by molar-refractivity contribution is 6.08. The largest absolute Gasteiger partial charge is 0.323 e. The van der Waals surface area contributed by atoms with Gasteiger partial charge in [0, 0.05) is 11.9 Å². The number of nitrogens with one attached hydrogen (secondary N) is 2. The second-order valence-electron chi connectivity index (χ2n) is 3.63. The summed E-state index contributed by atoms with van der Waals surface area (Å²) in [5.41, 5.74) is 0.471. The van der Waals surface area contributed by atoms with Crippen molar-refractivity contribution in [3.8, 4) is 6.07 Å². The van der Waals surface area contributed by atoms with E-state index in [1.165, 1.54) is 12.3 Å². The van der Waals surface area contributed by atoms with Crippen LogP contribution in [0.4, 0.5) is 0 Å². The maximum absolute atomic E-state index is 12.2. The Hall–Kier alpha value is -2.68. The van der Waals surface area contributed by atoms with E-state index in [1.54, 1.807) is 6.07 Å². The summed E-state index contributed by atoms with van der Waals surface area (Å²) < 4.78 is 0. The van der Waals surface area contributed by atoms with Gasteiger partial charge in [-0.3, -0.25) is 9.78 Å². The van der Waals surface area contributed by atoms with Crippen LogP contribution in [0, 0.1) is 11.3 Å². The van der Waals surface area contributed by atoms with Crippen molar-refractivity contribution < 1.29 is 4.79 Å². The SMILES string of the molecule is CCc1[nH]c(=O)[nH]c1C(=O)c1ncccc1C#N. The van der Waals surface area contributed by atoms with E-state index in [2.05, 4.69) is 15.0 Å². The summed E-state index contributed by atoms with van der Waals surface area (Å²) in [6.45, 7) is 1.82. The first-order chi connectivity index (χ1) is 8.67. The van der Waals surface area contributed by atoms with E-state index in [9.17, 15) is 9.59 Å². The molecule has 6 nitrogen and oxygen atoms in total. The Morgan fingerprint density at radius 2 is 2.28 bits per heavy atom. The fourth-order valence-electron chi connectivity index (χ4n) is 1.67. The van der Waals surface area contributed by atoms with Gasteiger partial charge in [0.15, 0.2) is 0 Å². The Kier molecular flexibility index (Phi) is 3.06. The lowest BCUT2D eigenvalue weighted by Crippen LogP contribution is -2.10. The number of pyridine rings is 1. The van der Waals surface area contributed by atoms with Crippen LogP contribution >= 0.6 is 0 Å². The highest BCUT2D eigenvalue weighted by Gasteiger charge is 2.20.